The van der Waals surface area contributed by atoms with Crippen molar-refractivity contribution in [1.82, 2.24) is 39.5 Å². The second-order valence-electron chi connectivity index (χ2n) is 18.7. The summed E-state index contributed by atoms with van der Waals surface area (Å²) in [6.07, 6.45) is 17.1. The van der Waals surface area contributed by atoms with Crippen LogP contribution in [0, 0.1) is 11.3 Å². The number of allylic oxidation sites excluding steroid dienone is 1. The first kappa shape index (κ1) is 94.8. The van der Waals surface area contributed by atoms with Gasteiger partial charge >= 0.3 is 11.9 Å². The Hall–Kier alpha value is -9.39. The lowest BCUT2D eigenvalue weighted by Gasteiger charge is -2.17. The summed E-state index contributed by atoms with van der Waals surface area (Å²) >= 11 is 15.4. The Morgan fingerprint density at radius 1 is 0.690 bits per heavy atom. The zero-order valence-electron chi connectivity index (χ0n) is 57.0. The lowest BCUT2D eigenvalue weighted by Crippen LogP contribution is -2.27. The van der Waals surface area contributed by atoms with E-state index in [4.69, 9.17) is 80.3 Å². The number of rotatable bonds is 13. The molecule has 0 radical (unpaired) electrons. The van der Waals surface area contributed by atoms with E-state index in [-0.39, 0.29) is 30.9 Å². The summed E-state index contributed by atoms with van der Waals surface area (Å²) in [5, 5.41) is 38.7. The number of alkyl halides is 1. The van der Waals surface area contributed by atoms with Crippen LogP contribution in [0.15, 0.2) is 190 Å². The molecule has 0 fully saturated rings. The van der Waals surface area contributed by atoms with E-state index in [0.717, 1.165) is 104 Å². The summed E-state index contributed by atoms with van der Waals surface area (Å²) in [6.45, 7) is 12.8. The van der Waals surface area contributed by atoms with Gasteiger partial charge in [0.2, 0.25) is 5.91 Å². The zero-order valence-corrected chi connectivity index (χ0v) is 62.6. The van der Waals surface area contributed by atoms with Crippen LogP contribution >= 0.6 is 59.4 Å². The first-order valence-corrected chi connectivity index (χ1v) is 32.9. The summed E-state index contributed by atoms with van der Waals surface area (Å²) < 4.78 is 18.7. The van der Waals surface area contributed by atoms with Crippen molar-refractivity contribution in [3.8, 4) is 6.07 Å². The third-order valence-electron chi connectivity index (χ3n) is 11.4. The molecule has 7 aromatic heterocycles. The third kappa shape index (κ3) is 42.4. The van der Waals surface area contributed by atoms with Gasteiger partial charge in [-0.3, -0.25) is 24.0 Å². The maximum absolute atomic E-state index is 11.3. The van der Waals surface area contributed by atoms with Crippen LogP contribution in [0.4, 0.5) is 11.5 Å². The van der Waals surface area contributed by atoms with Crippen LogP contribution in [0.3, 0.4) is 0 Å². The normalized spacial score (nSPS) is 9.77. The van der Waals surface area contributed by atoms with Gasteiger partial charge in [-0.2, -0.15) is 5.26 Å². The summed E-state index contributed by atoms with van der Waals surface area (Å²) in [7, 11) is 2.00. The molecule has 27 nitrogen and oxygen atoms in total. The number of aromatic nitrogens is 7. The number of nitrogens with two attached hydrogens (primary N) is 5. The van der Waals surface area contributed by atoms with Crippen molar-refractivity contribution < 1.29 is 58.7 Å². The molecular weight excluding hydrogens is 1510 g/mol. The quantitative estimate of drug-likeness (QED) is 0.0221. The van der Waals surface area contributed by atoms with Gasteiger partial charge in [-0.05, 0) is 135 Å². The number of aliphatic carboxylic acids is 2. The van der Waals surface area contributed by atoms with E-state index in [1.807, 2.05) is 82.0 Å². The molecule has 0 aliphatic carbocycles. The highest BCUT2D eigenvalue weighted by molar-refractivity contribution is 9.11. The van der Waals surface area contributed by atoms with Crippen LogP contribution in [0.1, 0.15) is 51.6 Å². The van der Waals surface area contributed by atoms with E-state index in [0.29, 0.717) is 44.3 Å². The van der Waals surface area contributed by atoms with E-state index < -0.39 is 17.9 Å². The van der Waals surface area contributed by atoms with E-state index in [1.54, 1.807) is 44.6 Å². The number of nitrogen functional groups attached to an aromatic ring is 1. The SMILES string of the molecule is Brc1ccc2[nH]ccc2c1.CC#N.CC(=O)O.CC(=O)O.CCOC(=O)/C=C/C=O.CCOC(=O)Cc1cnc2ccccn12.CO.CO.N.NC(=O)Cc1cnc2ccccn12.NCCCl.NCCN1CCc2cc(Br)ccc21.NCCn1ccc2cc(Br)ccc21.Nc1ccccn1. The Labute approximate surface area is 612 Å². The Kier molecular flexibility index (Phi) is 56.5. The van der Waals surface area contributed by atoms with Crippen molar-refractivity contribution in [2.24, 2.45) is 22.9 Å². The highest BCUT2D eigenvalue weighted by Crippen LogP contribution is 2.30. The predicted molar refractivity (Wildman–Crippen MR) is 407 cm³/mol. The molecule has 0 saturated carbocycles. The number of benzene rings is 3. The standard InChI is InChI=1S/C11H12N2O2.C10H13BrN2.C10H11BrN2.C9H9N3O.C8H6BrN.C6H8O3.C5H6N2.C2H6ClN.C2H3N.2C2H4O2.2CH4O.H3N/c1-2-15-11(14)7-9-8-12-10-5-3-4-6-13(9)10;2*11-9-1-2-10-8(7-9)3-5-13(10)6-4-12;10-8(13)5-7-6-11-9-3-1-2-4-12(7)9;9-7-1-2-8-6(5-7)3-4-10-8;1-2-9-6(8)4-3-5-7;6-5-3-1-2-4-7-5;3-1-2-4;1-2-3;2*1-2(3)4;2*1-2;/h3-6,8H,2,7H2,1H3;1-2,7H,3-6,12H2;1-3,5,7H,4,6,12H2;1-4,6H,5H2,(H2,10,13);1-5,10H;3-5H,2H2,1H3;1-4H,(H2,6,7);1-2,4H2;1H3;2*1H3,(H,3,4);2*2H,1H3;1H3/b;;;;;4-3+;;;;;;;;. The fourth-order valence-electron chi connectivity index (χ4n) is 7.81. The number of carbonyl (C=O) groups excluding carboxylic acids is 4. The number of aliphatic hydroxyl groups excluding tert-OH is 2. The van der Waals surface area contributed by atoms with E-state index in [9.17, 15) is 19.2 Å². The number of amides is 1. The molecule has 0 atom stereocenters. The number of nitrogens with one attached hydrogen (secondary N) is 1. The minimum atomic E-state index is -0.833. The van der Waals surface area contributed by atoms with Crippen LogP contribution in [-0.2, 0) is 64.0 Å². The maximum atomic E-state index is 11.3. The third-order valence-corrected chi connectivity index (χ3v) is 13.1. The molecule has 100 heavy (non-hydrogen) atoms. The van der Waals surface area contributed by atoms with Gasteiger partial charge in [-0.25, -0.2) is 19.7 Å². The number of hydrogen-bond donors (Lipinski definition) is 11. The van der Waals surface area contributed by atoms with Gasteiger partial charge in [0.25, 0.3) is 11.9 Å². The van der Waals surface area contributed by atoms with Gasteiger partial charge in [-0.1, -0.05) is 66.0 Å². The average molecular weight is 1600 g/mol. The van der Waals surface area contributed by atoms with Gasteiger partial charge in [0.05, 0.1) is 43.5 Å². The second kappa shape index (κ2) is 59.6. The van der Waals surface area contributed by atoms with Crippen LogP contribution in [0.25, 0.3) is 33.1 Å². The number of ether oxygens (including phenoxy) is 2. The van der Waals surface area contributed by atoms with Gasteiger partial charge in [0.1, 0.15) is 23.4 Å². The molecule has 8 heterocycles. The van der Waals surface area contributed by atoms with Crippen molar-refractivity contribution >= 4 is 140 Å². The van der Waals surface area contributed by atoms with Crippen molar-refractivity contribution in [2.45, 2.75) is 60.4 Å². The molecule has 544 valence electrons. The van der Waals surface area contributed by atoms with Crippen LogP contribution < -0.4 is 39.7 Å². The van der Waals surface area contributed by atoms with E-state index in [2.05, 4.69) is 149 Å². The number of hydrogen-bond acceptors (Lipinski definition) is 20. The monoisotopic (exact) mass is 1600 g/mol. The number of nitrogens with zero attached hydrogens (tertiary/aromatic N) is 8. The van der Waals surface area contributed by atoms with E-state index >= 15 is 0 Å². The molecule has 18 N–H and O–H groups in total. The Morgan fingerprint density at radius 2 is 1.20 bits per heavy atom. The number of H-pyrrole nitrogens is 1. The van der Waals surface area contributed by atoms with Crippen LogP contribution in [0.5, 0.6) is 0 Å². The fourth-order valence-corrected chi connectivity index (χ4v) is 8.98. The maximum Gasteiger partial charge on any atom is 0.330 e. The van der Waals surface area contributed by atoms with Crippen LogP contribution in [0.2, 0.25) is 0 Å². The summed E-state index contributed by atoms with van der Waals surface area (Å²) in [6, 6.07) is 41.6. The molecule has 11 rings (SSSR count). The molecule has 3 aromatic carbocycles. The molecule has 0 unspecified atom stereocenters. The van der Waals surface area contributed by atoms with Gasteiger partial charge in [0.15, 0.2) is 0 Å². The minimum absolute atomic E-state index is 0. The molecule has 1 aliphatic rings. The lowest BCUT2D eigenvalue weighted by molar-refractivity contribution is -0.142. The molecule has 0 bridgehead atoms. The van der Waals surface area contributed by atoms with Crippen molar-refractivity contribution in [3.63, 3.8) is 0 Å². The number of fused-ring (bicyclic) bond motifs is 5. The summed E-state index contributed by atoms with van der Waals surface area (Å²) in [5.41, 5.74) is 34.9. The highest BCUT2D eigenvalue weighted by atomic mass is 79.9. The largest absolute Gasteiger partial charge is 0.481 e. The number of aromatic amines is 1. The zero-order chi connectivity index (χ0) is 74.9. The number of carbonyl (C=O) groups is 6. The molecule has 1 amide bonds. The number of halogens is 4. The smallest absolute Gasteiger partial charge is 0.330 e. The molecule has 31 heteroatoms. The number of carboxylic acid groups (broad SMARTS) is 2. The Balaban J connectivity index is -0.00000106. The molecular formula is C69H93Br3ClN15O12. The first-order chi connectivity index (χ1) is 47.6. The summed E-state index contributed by atoms with van der Waals surface area (Å²) in [5.74, 6) is -1.57. The summed E-state index contributed by atoms with van der Waals surface area (Å²) in [4.78, 5) is 77.5. The Bertz CT molecular complexity index is 3920. The Morgan fingerprint density at radius 3 is 1.68 bits per heavy atom. The van der Waals surface area contributed by atoms with Gasteiger partial charge < -0.3 is 88.0 Å². The second-order valence-corrected chi connectivity index (χ2v) is 21.9. The predicted octanol–water partition coefficient (Wildman–Crippen LogP) is 10.1. The van der Waals surface area contributed by atoms with Crippen molar-refractivity contribution in [1.29, 1.82) is 5.26 Å². The number of nitriles is 1. The lowest BCUT2D eigenvalue weighted by atomic mass is 10.2. The first-order valence-electron chi connectivity index (χ1n) is 30.0. The van der Waals surface area contributed by atoms with Gasteiger partial charge in [0, 0.05) is 171 Å². The molecule has 0 saturated heterocycles. The number of pyridine rings is 3. The fraction of sp³-hybridized carbons (Fsp3) is 0.275. The number of aldehydes is 1. The van der Waals surface area contributed by atoms with Gasteiger partial charge in [-0.15, -0.1) is 11.6 Å². The molecule has 1 aliphatic heterocycles. The molecule has 10 aromatic rings. The number of esters is 2. The number of carboxylic acids is 2. The molecule has 0 spiro atoms. The van der Waals surface area contributed by atoms with Crippen molar-refractivity contribution in [3.05, 3.63) is 207 Å². The number of aliphatic hydroxyl groups is 2. The average Bonchev–Trinajstić information content (AvgIpc) is 1.71. The van der Waals surface area contributed by atoms with E-state index in [1.165, 1.54) is 44.5 Å². The number of anilines is 2. The highest BCUT2D eigenvalue weighted by Gasteiger charge is 2.18. The minimum Gasteiger partial charge on any atom is -0.481 e. The van der Waals surface area contributed by atoms with Crippen molar-refractivity contribution in [2.75, 3.05) is 76.7 Å². The topological polar surface area (TPSA) is 462 Å². The van der Waals surface area contributed by atoms with Crippen LogP contribution in [-0.4, -0.2) is 156 Å². The number of imidazole rings is 2. The number of primary amides is 1.